The summed E-state index contributed by atoms with van der Waals surface area (Å²) in [4.78, 5) is 4.59. The molecule has 2 aromatic heterocycles. The number of imidazole rings is 1. The fraction of sp³-hybridized carbons (Fsp3) is 0.316. The third kappa shape index (κ3) is 3.08. The maximum atomic E-state index is 13.4. The zero-order valence-electron chi connectivity index (χ0n) is 14.6. The van der Waals surface area contributed by atoms with Crippen molar-refractivity contribution in [2.45, 2.75) is 37.2 Å². The minimum absolute atomic E-state index is 0.0314. The summed E-state index contributed by atoms with van der Waals surface area (Å²) in [5.74, 6) is 0.402. The molecule has 6 nitrogen and oxygen atoms in total. The fourth-order valence-corrected chi connectivity index (χ4v) is 4.89. The van der Waals surface area contributed by atoms with Gasteiger partial charge in [0.05, 0.1) is 25.0 Å². The van der Waals surface area contributed by atoms with Gasteiger partial charge in [0.1, 0.15) is 16.3 Å². The van der Waals surface area contributed by atoms with Crippen LogP contribution in [0.25, 0.3) is 5.65 Å². The molecular formula is C19H21N3O3S. The topological polar surface area (TPSA) is 63.9 Å². The summed E-state index contributed by atoms with van der Waals surface area (Å²) in [6, 6.07) is 12.6. The lowest BCUT2D eigenvalue weighted by atomic mass is 10.3. The van der Waals surface area contributed by atoms with Crippen LogP contribution in [0, 0.1) is 0 Å². The van der Waals surface area contributed by atoms with E-state index in [1.165, 1.54) is 0 Å². The molecule has 0 aliphatic heterocycles. The summed E-state index contributed by atoms with van der Waals surface area (Å²) in [5.41, 5.74) is 1.66. The molecular weight excluding hydrogens is 350 g/mol. The summed E-state index contributed by atoms with van der Waals surface area (Å²) < 4.78 is 35.8. The number of hydrogen-bond acceptors (Lipinski definition) is 4. The van der Waals surface area contributed by atoms with Crippen molar-refractivity contribution in [3.05, 3.63) is 60.6 Å². The molecule has 1 aliphatic rings. The number of pyridine rings is 1. The van der Waals surface area contributed by atoms with Gasteiger partial charge < -0.3 is 9.14 Å². The van der Waals surface area contributed by atoms with Crippen LogP contribution in [-0.4, -0.2) is 34.8 Å². The number of benzene rings is 1. The van der Waals surface area contributed by atoms with Gasteiger partial charge in [-0.2, -0.15) is 4.31 Å². The molecule has 1 saturated carbocycles. The molecule has 2 heterocycles. The van der Waals surface area contributed by atoms with Crippen molar-refractivity contribution in [1.82, 2.24) is 13.7 Å². The predicted molar refractivity (Wildman–Crippen MR) is 98.6 cm³/mol. The van der Waals surface area contributed by atoms with Gasteiger partial charge in [-0.15, -0.1) is 0 Å². The minimum Gasteiger partial charge on any atom is -0.492 e. The molecule has 0 bridgehead atoms. The number of rotatable bonds is 7. The van der Waals surface area contributed by atoms with E-state index >= 15 is 0 Å². The number of para-hydroxylation sites is 1. The number of hydrogen-bond donors (Lipinski definition) is 0. The first-order valence-electron chi connectivity index (χ1n) is 8.76. The van der Waals surface area contributed by atoms with Gasteiger partial charge in [0.2, 0.25) is 10.0 Å². The summed E-state index contributed by atoms with van der Waals surface area (Å²) in [7, 11) is -3.67. The van der Waals surface area contributed by atoms with E-state index in [0.717, 1.165) is 24.2 Å². The molecule has 1 fully saturated rings. The molecule has 0 radical (unpaired) electrons. The second kappa shape index (κ2) is 6.74. The lowest BCUT2D eigenvalue weighted by molar-refractivity contribution is 0.327. The summed E-state index contributed by atoms with van der Waals surface area (Å²) >= 11 is 0. The Morgan fingerprint density at radius 3 is 2.73 bits per heavy atom. The summed E-state index contributed by atoms with van der Waals surface area (Å²) in [5, 5.41) is 0. The Morgan fingerprint density at radius 1 is 1.19 bits per heavy atom. The van der Waals surface area contributed by atoms with Crippen LogP contribution < -0.4 is 4.74 Å². The summed E-state index contributed by atoms with van der Waals surface area (Å²) in [6.07, 6.45) is 5.41. The fourth-order valence-electron chi connectivity index (χ4n) is 3.10. The van der Waals surface area contributed by atoms with Gasteiger partial charge in [0.25, 0.3) is 0 Å². The van der Waals surface area contributed by atoms with Crippen molar-refractivity contribution < 1.29 is 13.2 Å². The third-order valence-electron chi connectivity index (χ3n) is 4.50. The largest absolute Gasteiger partial charge is 0.492 e. The lowest BCUT2D eigenvalue weighted by Gasteiger charge is -2.23. The number of aromatic nitrogens is 2. The quantitative estimate of drug-likeness (QED) is 0.640. The number of ether oxygens (including phenoxy) is 1. The Labute approximate surface area is 153 Å². The minimum atomic E-state index is -3.67. The van der Waals surface area contributed by atoms with Gasteiger partial charge in [-0.05, 0) is 44.0 Å². The normalized spacial score (nSPS) is 14.8. The molecule has 26 heavy (non-hydrogen) atoms. The highest BCUT2D eigenvalue weighted by Crippen LogP contribution is 2.36. The maximum Gasteiger partial charge on any atom is 0.247 e. The van der Waals surface area contributed by atoms with Crippen molar-refractivity contribution in [3.63, 3.8) is 0 Å². The molecule has 136 valence electrons. The van der Waals surface area contributed by atoms with E-state index < -0.39 is 10.0 Å². The van der Waals surface area contributed by atoms with Crippen molar-refractivity contribution in [3.8, 4) is 5.75 Å². The van der Waals surface area contributed by atoms with E-state index in [0.29, 0.717) is 18.9 Å². The molecule has 4 rings (SSSR count). The zero-order chi connectivity index (χ0) is 18.1. The number of nitrogens with zero attached hydrogens (tertiary/aromatic N) is 3. The van der Waals surface area contributed by atoms with Crippen LogP contribution in [-0.2, 0) is 16.6 Å². The van der Waals surface area contributed by atoms with Crippen LogP contribution in [0.5, 0.6) is 5.75 Å². The Morgan fingerprint density at radius 2 is 1.96 bits per heavy atom. The van der Waals surface area contributed by atoms with E-state index in [4.69, 9.17) is 4.74 Å². The predicted octanol–water partition coefficient (Wildman–Crippen LogP) is 3.09. The van der Waals surface area contributed by atoms with Gasteiger partial charge in [0, 0.05) is 12.2 Å². The van der Waals surface area contributed by atoms with Crippen molar-refractivity contribution in [2.75, 3.05) is 6.61 Å². The van der Waals surface area contributed by atoms with Gasteiger partial charge in [-0.25, -0.2) is 13.4 Å². The molecule has 3 aromatic rings. The first kappa shape index (κ1) is 17.1. The third-order valence-corrected chi connectivity index (χ3v) is 6.44. The van der Waals surface area contributed by atoms with Gasteiger partial charge in [-0.1, -0.05) is 18.2 Å². The van der Waals surface area contributed by atoms with Gasteiger partial charge in [0.15, 0.2) is 0 Å². The second-order valence-corrected chi connectivity index (χ2v) is 8.20. The molecule has 0 unspecified atom stereocenters. The second-order valence-electron chi connectivity index (χ2n) is 6.34. The zero-order valence-corrected chi connectivity index (χ0v) is 15.4. The molecule has 0 spiro atoms. The average molecular weight is 371 g/mol. The Bertz CT molecular complexity index is 1030. The van der Waals surface area contributed by atoms with Crippen molar-refractivity contribution in [2.24, 2.45) is 0 Å². The first-order chi connectivity index (χ1) is 12.6. The standard InChI is InChI=1S/C19H21N3O3S/c1-2-25-17-7-3-4-8-18(17)26(23,24)22(15-10-11-15)14-16-13-20-19-9-5-6-12-21(16)19/h3-9,12-13,15H,2,10-11,14H2,1H3. The molecule has 0 N–H and O–H groups in total. The highest BCUT2D eigenvalue weighted by atomic mass is 32.2. The monoisotopic (exact) mass is 371 g/mol. The van der Waals surface area contributed by atoms with Gasteiger partial charge >= 0.3 is 0 Å². The first-order valence-corrected chi connectivity index (χ1v) is 10.2. The van der Waals surface area contributed by atoms with Gasteiger partial charge in [-0.3, -0.25) is 0 Å². The SMILES string of the molecule is CCOc1ccccc1S(=O)(=O)N(Cc1cnc2ccccn12)C1CC1. The van der Waals surface area contributed by atoms with E-state index in [1.807, 2.05) is 35.7 Å². The lowest BCUT2D eigenvalue weighted by Crippen LogP contribution is -2.33. The van der Waals surface area contributed by atoms with Crippen LogP contribution in [0.15, 0.2) is 59.8 Å². The van der Waals surface area contributed by atoms with Crippen LogP contribution in [0.3, 0.4) is 0 Å². The molecule has 7 heteroatoms. The highest BCUT2D eigenvalue weighted by Gasteiger charge is 2.39. The van der Waals surface area contributed by atoms with Crippen LogP contribution in [0.1, 0.15) is 25.5 Å². The Hall–Kier alpha value is -2.38. The number of fused-ring (bicyclic) bond motifs is 1. The molecule has 0 atom stereocenters. The average Bonchev–Trinajstić information content (AvgIpc) is 3.40. The van der Waals surface area contributed by atoms with Crippen molar-refractivity contribution in [1.29, 1.82) is 0 Å². The molecule has 0 saturated heterocycles. The van der Waals surface area contributed by atoms with Crippen LogP contribution in [0.4, 0.5) is 0 Å². The molecule has 1 aromatic carbocycles. The van der Waals surface area contributed by atoms with Crippen LogP contribution >= 0.6 is 0 Å². The highest BCUT2D eigenvalue weighted by molar-refractivity contribution is 7.89. The van der Waals surface area contributed by atoms with E-state index in [2.05, 4.69) is 4.98 Å². The van der Waals surface area contributed by atoms with Crippen molar-refractivity contribution >= 4 is 15.7 Å². The van der Waals surface area contributed by atoms with E-state index in [9.17, 15) is 8.42 Å². The summed E-state index contributed by atoms with van der Waals surface area (Å²) in [6.45, 7) is 2.56. The van der Waals surface area contributed by atoms with E-state index in [-0.39, 0.29) is 10.9 Å². The van der Waals surface area contributed by atoms with E-state index in [1.54, 1.807) is 34.8 Å². The molecule has 1 aliphatic carbocycles. The van der Waals surface area contributed by atoms with Crippen LogP contribution in [0.2, 0.25) is 0 Å². The Balaban J connectivity index is 1.73. The smallest absolute Gasteiger partial charge is 0.247 e. The molecule has 0 amide bonds. The number of sulfonamides is 1. The maximum absolute atomic E-state index is 13.4. The Kier molecular flexibility index (Phi) is 4.42.